The highest BCUT2D eigenvalue weighted by atomic mass is 19.1. The average Bonchev–Trinajstić information content (AvgIpc) is 3.00. The molecule has 0 saturated carbocycles. The fourth-order valence-electron chi connectivity index (χ4n) is 3.81. The molecule has 1 aliphatic rings. The van der Waals surface area contributed by atoms with Crippen molar-refractivity contribution in [3.63, 3.8) is 0 Å². The SMILES string of the molecule is Cc1cccc(F)c1-c1cc(NC2CCCN2C)c2cc(N)ncc2c1. The Kier molecular flexibility index (Phi) is 4.24. The predicted molar refractivity (Wildman–Crippen MR) is 106 cm³/mol. The van der Waals surface area contributed by atoms with Crippen LogP contribution in [0.4, 0.5) is 15.9 Å². The van der Waals surface area contributed by atoms with Crippen LogP contribution in [0.2, 0.25) is 0 Å². The Labute approximate surface area is 152 Å². The van der Waals surface area contributed by atoms with Gasteiger partial charge in [-0.05, 0) is 68.8 Å². The number of hydrogen-bond donors (Lipinski definition) is 2. The molecular formula is C21H23FN4. The highest BCUT2D eigenvalue weighted by Crippen LogP contribution is 2.35. The first-order valence-electron chi connectivity index (χ1n) is 8.94. The van der Waals surface area contributed by atoms with Crippen LogP contribution in [0, 0.1) is 12.7 Å². The van der Waals surface area contributed by atoms with Gasteiger partial charge in [-0.2, -0.15) is 0 Å². The second-order valence-corrected chi connectivity index (χ2v) is 7.07. The van der Waals surface area contributed by atoms with Crippen LogP contribution in [0.25, 0.3) is 21.9 Å². The molecule has 1 fully saturated rings. The molecule has 0 amide bonds. The van der Waals surface area contributed by atoms with Crippen LogP contribution in [0.15, 0.2) is 42.6 Å². The van der Waals surface area contributed by atoms with E-state index in [0.29, 0.717) is 11.4 Å². The number of rotatable bonds is 3. The number of halogens is 1. The van der Waals surface area contributed by atoms with Crippen molar-refractivity contribution in [3.8, 4) is 11.1 Å². The predicted octanol–water partition coefficient (Wildman–Crippen LogP) is 4.40. The summed E-state index contributed by atoms with van der Waals surface area (Å²) in [6, 6.07) is 11.1. The first-order chi connectivity index (χ1) is 12.5. The van der Waals surface area contributed by atoms with Crippen molar-refractivity contribution in [2.24, 2.45) is 0 Å². The number of aromatic nitrogens is 1. The number of anilines is 2. The number of aryl methyl sites for hydroxylation is 1. The Balaban J connectivity index is 1.89. The molecular weight excluding hydrogens is 327 g/mol. The van der Waals surface area contributed by atoms with Crippen molar-refractivity contribution >= 4 is 22.3 Å². The lowest BCUT2D eigenvalue weighted by molar-refractivity contribution is 0.339. The van der Waals surface area contributed by atoms with Crippen LogP contribution in [0.5, 0.6) is 0 Å². The first-order valence-corrected chi connectivity index (χ1v) is 8.94. The lowest BCUT2D eigenvalue weighted by atomic mass is 9.96. The van der Waals surface area contributed by atoms with Crippen molar-refractivity contribution in [2.75, 3.05) is 24.6 Å². The smallest absolute Gasteiger partial charge is 0.131 e. The van der Waals surface area contributed by atoms with E-state index in [4.69, 9.17) is 5.73 Å². The van der Waals surface area contributed by atoms with Gasteiger partial charge in [0.1, 0.15) is 11.6 Å². The van der Waals surface area contributed by atoms with Crippen molar-refractivity contribution in [1.82, 2.24) is 9.88 Å². The number of nitrogen functional groups attached to an aromatic ring is 1. The second kappa shape index (κ2) is 6.57. The molecule has 2 aromatic carbocycles. The summed E-state index contributed by atoms with van der Waals surface area (Å²) in [5.41, 5.74) is 9.28. The van der Waals surface area contributed by atoms with E-state index < -0.39 is 0 Å². The summed E-state index contributed by atoms with van der Waals surface area (Å²) >= 11 is 0. The van der Waals surface area contributed by atoms with Crippen LogP contribution in [-0.2, 0) is 0 Å². The molecule has 1 unspecified atom stereocenters. The Morgan fingerprint density at radius 2 is 2.12 bits per heavy atom. The summed E-state index contributed by atoms with van der Waals surface area (Å²) in [7, 11) is 2.12. The van der Waals surface area contributed by atoms with Gasteiger partial charge in [-0.25, -0.2) is 9.37 Å². The normalized spacial score (nSPS) is 17.7. The average molecular weight is 350 g/mol. The summed E-state index contributed by atoms with van der Waals surface area (Å²) in [5, 5.41) is 5.59. The minimum absolute atomic E-state index is 0.211. The molecule has 4 rings (SSSR count). The Morgan fingerprint density at radius 3 is 2.85 bits per heavy atom. The zero-order chi connectivity index (χ0) is 18.3. The van der Waals surface area contributed by atoms with Gasteiger partial charge in [0.2, 0.25) is 0 Å². The molecule has 1 aromatic heterocycles. The van der Waals surface area contributed by atoms with Gasteiger partial charge in [-0.15, -0.1) is 0 Å². The molecule has 1 saturated heterocycles. The standard InChI is InChI=1S/C21H23FN4/c1-13-5-3-6-17(22)21(13)14-9-15-12-24-19(23)11-16(15)18(10-14)25-20-7-4-8-26(20)2/h3,5-6,9-12,20,25H,4,7-8H2,1-2H3,(H2,23,24). The number of nitrogens with zero attached hydrogens (tertiary/aromatic N) is 2. The number of pyridine rings is 1. The van der Waals surface area contributed by atoms with E-state index in [-0.39, 0.29) is 12.0 Å². The van der Waals surface area contributed by atoms with Crippen molar-refractivity contribution in [2.45, 2.75) is 25.9 Å². The van der Waals surface area contributed by atoms with E-state index >= 15 is 0 Å². The third-order valence-corrected chi connectivity index (χ3v) is 5.21. The fraction of sp³-hybridized carbons (Fsp3) is 0.286. The summed E-state index contributed by atoms with van der Waals surface area (Å²) in [4.78, 5) is 6.52. The maximum Gasteiger partial charge on any atom is 0.131 e. The van der Waals surface area contributed by atoms with Gasteiger partial charge in [0.15, 0.2) is 0 Å². The topological polar surface area (TPSA) is 54.2 Å². The van der Waals surface area contributed by atoms with E-state index in [1.54, 1.807) is 12.3 Å². The highest BCUT2D eigenvalue weighted by Gasteiger charge is 2.22. The van der Waals surface area contributed by atoms with Crippen LogP contribution in [-0.4, -0.2) is 29.6 Å². The quantitative estimate of drug-likeness (QED) is 0.735. The summed E-state index contributed by atoms with van der Waals surface area (Å²) in [6.07, 6.45) is 4.28. The van der Waals surface area contributed by atoms with E-state index in [0.717, 1.165) is 40.6 Å². The molecule has 1 atom stereocenters. The summed E-state index contributed by atoms with van der Waals surface area (Å²) < 4.78 is 14.5. The molecule has 1 aliphatic heterocycles. The zero-order valence-corrected chi connectivity index (χ0v) is 15.1. The Bertz CT molecular complexity index is 949. The van der Waals surface area contributed by atoms with E-state index in [9.17, 15) is 4.39 Å². The van der Waals surface area contributed by atoms with E-state index in [1.807, 2.05) is 31.2 Å². The van der Waals surface area contributed by atoms with E-state index in [2.05, 4.69) is 22.2 Å². The molecule has 0 radical (unpaired) electrons. The number of nitrogens with one attached hydrogen (secondary N) is 1. The third kappa shape index (κ3) is 2.99. The largest absolute Gasteiger partial charge is 0.384 e. The molecule has 0 spiro atoms. The summed E-state index contributed by atoms with van der Waals surface area (Å²) in [5.74, 6) is 0.270. The highest BCUT2D eigenvalue weighted by molar-refractivity contribution is 5.98. The maximum atomic E-state index is 14.5. The Morgan fingerprint density at radius 1 is 1.27 bits per heavy atom. The molecule has 0 bridgehead atoms. The van der Waals surface area contributed by atoms with Crippen molar-refractivity contribution in [3.05, 3.63) is 54.0 Å². The number of nitrogens with two attached hydrogens (primary N) is 1. The number of fused-ring (bicyclic) bond motifs is 1. The van der Waals surface area contributed by atoms with Gasteiger partial charge in [-0.1, -0.05) is 12.1 Å². The van der Waals surface area contributed by atoms with Crippen LogP contribution < -0.4 is 11.1 Å². The van der Waals surface area contributed by atoms with Crippen LogP contribution in [0.1, 0.15) is 18.4 Å². The molecule has 5 heteroatoms. The molecule has 3 aromatic rings. The monoisotopic (exact) mass is 350 g/mol. The molecule has 3 N–H and O–H groups in total. The number of benzene rings is 2. The molecule has 0 aliphatic carbocycles. The van der Waals surface area contributed by atoms with Crippen molar-refractivity contribution in [1.29, 1.82) is 0 Å². The van der Waals surface area contributed by atoms with Gasteiger partial charge in [0.05, 0.1) is 6.17 Å². The molecule has 134 valence electrons. The van der Waals surface area contributed by atoms with Gasteiger partial charge >= 0.3 is 0 Å². The second-order valence-electron chi connectivity index (χ2n) is 7.07. The van der Waals surface area contributed by atoms with Crippen LogP contribution in [0.3, 0.4) is 0 Å². The van der Waals surface area contributed by atoms with Crippen LogP contribution >= 0.6 is 0 Å². The molecule has 4 nitrogen and oxygen atoms in total. The summed E-state index contributed by atoms with van der Waals surface area (Å²) in [6.45, 7) is 3.01. The first kappa shape index (κ1) is 16.8. The molecule has 26 heavy (non-hydrogen) atoms. The van der Waals surface area contributed by atoms with Gasteiger partial charge < -0.3 is 11.1 Å². The minimum Gasteiger partial charge on any atom is -0.384 e. The molecule has 2 heterocycles. The number of likely N-dealkylation sites (tertiary alicyclic amines) is 1. The van der Waals surface area contributed by atoms with Gasteiger partial charge in [0, 0.05) is 28.2 Å². The maximum absolute atomic E-state index is 14.5. The fourth-order valence-corrected chi connectivity index (χ4v) is 3.81. The van der Waals surface area contributed by atoms with E-state index in [1.165, 1.54) is 12.5 Å². The van der Waals surface area contributed by atoms with Crippen molar-refractivity contribution < 1.29 is 4.39 Å². The minimum atomic E-state index is -0.211. The third-order valence-electron chi connectivity index (χ3n) is 5.21. The lowest BCUT2D eigenvalue weighted by Crippen LogP contribution is -2.32. The van der Waals surface area contributed by atoms with Gasteiger partial charge in [0.25, 0.3) is 0 Å². The zero-order valence-electron chi connectivity index (χ0n) is 15.1. The van der Waals surface area contributed by atoms with Gasteiger partial charge in [-0.3, -0.25) is 4.90 Å². The Hall–Kier alpha value is -2.66. The lowest BCUT2D eigenvalue weighted by Gasteiger charge is -2.23. The number of hydrogen-bond acceptors (Lipinski definition) is 4.